The highest BCUT2D eigenvalue weighted by molar-refractivity contribution is 5.69. The quantitative estimate of drug-likeness (QED) is 0.459. The van der Waals surface area contributed by atoms with Crippen LogP contribution in [0.3, 0.4) is 0 Å². The molecule has 0 aliphatic carbocycles. The standard InChI is InChI=1S/C18H34N2O6/c1-18(2,3)26-16(21)7-11-24-13-14-25-12-8-19-15-5-9-20(10-6-15)17(22)23-4/h15,19H,5-14H2,1-4H3. The van der Waals surface area contributed by atoms with Gasteiger partial charge in [-0.3, -0.25) is 4.79 Å². The molecule has 0 radical (unpaired) electrons. The molecule has 0 spiro atoms. The topological polar surface area (TPSA) is 86.3 Å². The van der Waals surface area contributed by atoms with Gasteiger partial charge in [-0.15, -0.1) is 0 Å². The zero-order chi connectivity index (χ0) is 19.4. The molecule has 1 amide bonds. The van der Waals surface area contributed by atoms with Crippen molar-refractivity contribution in [3.8, 4) is 0 Å². The van der Waals surface area contributed by atoms with Gasteiger partial charge in [0.05, 0.1) is 40.0 Å². The second-order valence-corrected chi connectivity index (χ2v) is 7.25. The molecular weight excluding hydrogens is 340 g/mol. The van der Waals surface area contributed by atoms with E-state index < -0.39 is 5.60 Å². The Morgan fingerprint density at radius 1 is 1.04 bits per heavy atom. The first-order valence-corrected chi connectivity index (χ1v) is 9.25. The van der Waals surface area contributed by atoms with Gasteiger partial charge in [-0.05, 0) is 33.6 Å². The summed E-state index contributed by atoms with van der Waals surface area (Å²) < 4.78 is 20.8. The average Bonchev–Trinajstić information content (AvgIpc) is 2.58. The van der Waals surface area contributed by atoms with Gasteiger partial charge < -0.3 is 29.2 Å². The predicted octanol–water partition coefficient (Wildman–Crippen LogP) is 1.57. The summed E-state index contributed by atoms with van der Waals surface area (Å²) in [6.07, 6.45) is 1.84. The fourth-order valence-corrected chi connectivity index (χ4v) is 2.60. The number of carbonyl (C=O) groups excluding carboxylic acids is 2. The van der Waals surface area contributed by atoms with Crippen molar-refractivity contribution in [1.82, 2.24) is 10.2 Å². The van der Waals surface area contributed by atoms with Gasteiger partial charge in [0.1, 0.15) is 5.60 Å². The molecule has 152 valence electrons. The van der Waals surface area contributed by atoms with E-state index in [4.69, 9.17) is 18.9 Å². The van der Waals surface area contributed by atoms with Crippen LogP contribution < -0.4 is 5.32 Å². The summed E-state index contributed by atoms with van der Waals surface area (Å²) in [6, 6.07) is 0.407. The Kier molecular flexibility index (Phi) is 10.5. The minimum atomic E-state index is -0.455. The van der Waals surface area contributed by atoms with Crippen LogP contribution >= 0.6 is 0 Å². The Morgan fingerprint density at radius 3 is 2.23 bits per heavy atom. The summed E-state index contributed by atoms with van der Waals surface area (Å²) in [4.78, 5) is 24.6. The number of hydrogen-bond donors (Lipinski definition) is 1. The largest absolute Gasteiger partial charge is 0.460 e. The van der Waals surface area contributed by atoms with E-state index in [9.17, 15) is 9.59 Å². The maximum Gasteiger partial charge on any atom is 0.409 e. The molecule has 1 rings (SSSR count). The van der Waals surface area contributed by atoms with Gasteiger partial charge in [0.25, 0.3) is 0 Å². The lowest BCUT2D eigenvalue weighted by atomic mass is 10.1. The Balaban J connectivity index is 1.90. The molecule has 1 N–H and O–H groups in total. The molecule has 0 aromatic carbocycles. The minimum Gasteiger partial charge on any atom is -0.460 e. The molecule has 0 aromatic heterocycles. The highest BCUT2D eigenvalue weighted by Gasteiger charge is 2.22. The number of methoxy groups -OCH3 is 1. The first kappa shape index (κ1) is 22.7. The van der Waals surface area contributed by atoms with Crippen molar-refractivity contribution in [3.63, 3.8) is 0 Å². The molecule has 8 nitrogen and oxygen atoms in total. The van der Waals surface area contributed by atoms with Crippen LogP contribution in [0.2, 0.25) is 0 Å². The normalized spacial score (nSPS) is 15.8. The molecular formula is C18H34N2O6. The van der Waals surface area contributed by atoms with Crippen LogP contribution in [0.25, 0.3) is 0 Å². The maximum absolute atomic E-state index is 11.5. The monoisotopic (exact) mass is 374 g/mol. The van der Waals surface area contributed by atoms with Crippen LogP contribution in [-0.4, -0.2) is 81.8 Å². The lowest BCUT2D eigenvalue weighted by molar-refractivity contribution is -0.156. The summed E-state index contributed by atoms with van der Waals surface area (Å²) in [5.74, 6) is -0.249. The molecule has 1 saturated heterocycles. The van der Waals surface area contributed by atoms with Gasteiger partial charge in [-0.1, -0.05) is 0 Å². The van der Waals surface area contributed by atoms with Crippen molar-refractivity contribution in [2.24, 2.45) is 0 Å². The number of likely N-dealkylation sites (tertiary alicyclic amines) is 1. The second kappa shape index (κ2) is 12.1. The smallest absolute Gasteiger partial charge is 0.409 e. The van der Waals surface area contributed by atoms with E-state index in [1.165, 1.54) is 7.11 Å². The number of nitrogens with one attached hydrogen (secondary N) is 1. The summed E-state index contributed by atoms with van der Waals surface area (Å²) in [5.41, 5.74) is -0.455. The van der Waals surface area contributed by atoms with Gasteiger partial charge in [-0.25, -0.2) is 4.79 Å². The molecule has 26 heavy (non-hydrogen) atoms. The molecule has 1 heterocycles. The third-order valence-electron chi connectivity index (χ3n) is 3.85. The minimum absolute atomic E-state index is 0.249. The molecule has 0 bridgehead atoms. The van der Waals surface area contributed by atoms with Crippen LogP contribution in [0.4, 0.5) is 4.79 Å². The van der Waals surface area contributed by atoms with Crippen LogP contribution in [0, 0.1) is 0 Å². The number of piperidine rings is 1. The number of rotatable bonds is 10. The first-order valence-electron chi connectivity index (χ1n) is 9.25. The predicted molar refractivity (Wildman–Crippen MR) is 97.1 cm³/mol. The van der Waals surface area contributed by atoms with Gasteiger partial charge >= 0.3 is 12.1 Å². The Morgan fingerprint density at radius 2 is 1.65 bits per heavy atom. The molecule has 0 aromatic rings. The summed E-state index contributed by atoms with van der Waals surface area (Å²) in [7, 11) is 1.41. The second-order valence-electron chi connectivity index (χ2n) is 7.25. The zero-order valence-electron chi connectivity index (χ0n) is 16.5. The SMILES string of the molecule is COC(=O)N1CCC(NCCOCCOCCC(=O)OC(C)(C)C)CC1. The molecule has 1 aliphatic rings. The summed E-state index contributed by atoms with van der Waals surface area (Å²) in [5, 5.41) is 3.43. The van der Waals surface area contributed by atoms with Crippen molar-refractivity contribution in [3.05, 3.63) is 0 Å². The van der Waals surface area contributed by atoms with Crippen LogP contribution in [0.15, 0.2) is 0 Å². The van der Waals surface area contributed by atoms with Crippen molar-refractivity contribution in [2.75, 3.05) is 53.2 Å². The molecule has 0 saturated carbocycles. The van der Waals surface area contributed by atoms with Crippen LogP contribution in [0.5, 0.6) is 0 Å². The molecule has 1 fully saturated rings. The van der Waals surface area contributed by atoms with Crippen molar-refractivity contribution >= 4 is 12.1 Å². The first-order chi connectivity index (χ1) is 12.3. The third kappa shape index (κ3) is 10.6. The number of esters is 1. The number of carbonyl (C=O) groups is 2. The maximum atomic E-state index is 11.5. The van der Waals surface area contributed by atoms with E-state index in [0.29, 0.717) is 32.5 Å². The van der Waals surface area contributed by atoms with Crippen molar-refractivity contribution in [2.45, 2.75) is 51.7 Å². The Bertz CT molecular complexity index is 416. The fraction of sp³-hybridized carbons (Fsp3) is 0.889. The molecule has 0 atom stereocenters. The lowest BCUT2D eigenvalue weighted by Gasteiger charge is -2.31. The molecule has 8 heteroatoms. The van der Waals surface area contributed by atoms with Gasteiger partial charge in [0.15, 0.2) is 0 Å². The lowest BCUT2D eigenvalue weighted by Crippen LogP contribution is -2.45. The Hall–Kier alpha value is -1.38. The molecule has 1 aliphatic heterocycles. The number of hydrogen-bond acceptors (Lipinski definition) is 7. The number of ether oxygens (including phenoxy) is 4. The highest BCUT2D eigenvalue weighted by atomic mass is 16.6. The number of amides is 1. The van der Waals surface area contributed by atoms with Gasteiger partial charge in [0, 0.05) is 25.7 Å². The third-order valence-corrected chi connectivity index (χ3v) is 3.85. The average molecular weight is 374 g/mol. The van der Waals surface area contributed by atoms with E-state index in [-0.39, 0.29) is 18.5 Å². The van der Waals surface area contributed by atoms with E-state index in [0.717, 1.165) is 32.5 Å². The Labute approximate surface area is 156 Å². The van der Waals surface area contributed by atoms with Crippen LogP contribution in [-0.2, 0) is 23.7 Å². The zero-order valence-corrected chi connectivity index (χ0v) is 16.5. The highest BCUT2D eigenvalue weighted by Crippen LogP contribution is 2.11. The van der Waals surface area contributed by atoms with Gasteiger partial charge in [-0.2, -0.15) is 0 Å². The van der Waals surface area contributed by atoms with Crippen molar-refractivity contribution in [1.29, 1.82) is 0 Å². The molecule has 0 unspecified atom stereocenters. The fourth-order valence-electron chi connectivity index (χ4n) is 2.60. The van der Waals surface area contributed by atoms with E-state index in [2.05, 4.69) is 5.32 Å². The summed E-state index contributed by atoms with van der Waals surface area (Å²) in [6.45, 7) is 9.63. The van der Waals surface area contributed by atoms with Crippen molar-refractivity contribution < 1.29 is 28.5 Å². The van der Waals surface area contributed by atoms with E-state index in [1.807, 2.05) is 20.8 Å². The van der Waals surface area contributed by atoms with Gasteiger partial charge in [0.2, 0.25) is 0 Å². The van der Waals surface area contributed by atoms with Crippen LogP contribution in [0.1, 0.15) is 40.0 Å². The summed E-state index contributed by atoms with van der Waals surface area (Å²) >= 11 is 0. The number of nitrogens with zero attached hydrogens (tertiary/aromatic N) is 1. The van der Waals surface area contributed by atoms with E-state index >= 15 is 0 Å². The van der Waals surface area contributed by atoms with E-state index in [1.54, 1.807) is 4.90 Å².